The highest BCUT2D eigenvalue weighted by atomic mass is 35.5. The third-order valence-corrected chi connectivity index (χ3v) is 5.30. The van der Waals surface area contributed by atoms with Crippen molar-refractivity contribution in [3.8, 4) is 0 Å². The van der Waals surface area contributed by atoms with E-state index in [1.807, 2.05) is 0 Å². The Kier molecular flexibility index (Phi) is 5.15. The average Bonchev–Trinajstić information content (AvgIpc) is 2.84. The molecular formula is C14H20ClN3O4S. The number of amides is 1. The number of ether oxygens (including phenoxy) is 1. The maximum atomic E-state index is 12.4. The van der Waals surface area contributed by atoms with Crippen molar-refractivity contribution in [1.82, 2.24) is 14.9 Å². The molecule has 1 saturated heterocycles. The van der Waals surface area contributed by atoms with Crippen molar-refractivity contribution in [3.05, 3.63) is 17.5 Å². The SMILES string of the molecule is CC(C)(C)OC(=O)N1CC[C@H](CS(=O)(=O)c2cc(Cl)ncn2)C1. The Hall–Kier alpha value is -1.41. The van der Waals surface area contributed by atoms with Crippen LogP contribution in [0.5, 0.6) is 0 Å². The number of halogens is 1. The monoisotopic (exact) mass is 361 g/mol. The van der Waals surface area contributed by atoms with Crippen molar-refractivity contribution in [3.63, 3.8) is 0 Å². The van der Waals surface area contributed by atoms with E-state index < -0.39 is 21.5 Å². The molecule has 0 saturated carbocycles. The van der Waals surface area contributed by atoms with Gasteiger partial charge in [-0.15, -0.1) is 0 Å². The van der Waals surface area contributed by atoms with Crippen molar-refractivity contribution in [2.75, 3.05) is 18.8 Å². The van der Waals surface area contributed by atoms with Crippen LogP contribution in [0.4, 0.5) is 4.79 Å². The van der Waals surface area contributed by atoms with Gasteiger partial charge in [-0.2, -0.15) is 0 Å². The lowest BCUT2D eigenvalue weighted by atomic mass is 10.2. The minimum atomic E-state index is -3.56. The minimum Gasteiger partial charge on any atom is -0.444 e. The van der Waals surface area contributed by atoms with Crippen LogP contribution in [0.2, 0.25) is 5.15 Å². The van der Waals surface area contributed by atoms with Gasteiger partial charge in [0.2, 0.25) is 0 Å². The number of sulfone groups is 1. The molecule has 1 aromatic heterocycles. The van der Waals surface area contributed by atoms with Crippen LogP contribution in [-0.4, -0.2) is 53.8 Å². The summed E-state index contributed by atoms with van der Waals surface area (Å²) in [5, 5.41) is -0.00593. The van der Waals surface area contributed by atoms with Gasteiger partial charge in [-0.25, -0.2) is 23.2 Å². The van der Waals surface area contributed by atoms with Crippen LogP contribution in [0.15, 0.2) is 17.4 Å². The van der Waals surface area contributed by atoms with Gasteiger partial charge in [-0.05, 0) is 33.1 Å². The number of hydrogen-bond acceptors (Lipinski definition) is 6. The maximum Gasteiger partial charge on any atom is 0.410 e. The Bertz CT molecular complexity index is 688. The normalized spacial score (nSPS) is 19.0. The van der Waals surface area contributed by atoms with Crippen LogP contribution in [0.1, 0.15) is 27.2 Å². The van der Waals surface area contributed by atoms with Gasteiger partial charge in [-0.1, -0.05) is 11.6 Å². The third kappa shape index (κ3) is 5.04. The minimum absolute atomic E-state index is 0.0837. The molecule has 1 fully saturated rings. The van der Waals surface area contributed by atoms with E-state index in [9.17, 15) is 13.2 Å². The second-order valence-electron chi connectivity index (χ2n) is 6.54. The number of hydrogen-bond donors (Lipinski definition) is 0. The fraction of sp³-hybridized carbons (Fsp3) is 0.643. The molecule has 0 bridgehead atoms. The summed E-state index contributed by atoms with van der Waals surface area (Å²) in [5.74, 6) is -0.235. The Labute approximate surface area is 140 Å². The first kappa shape index (κ1) is 17.9. The van der Waals surface area contributed by atoms with Gasteiger partial charge in [0.05, 0.1) is 5.75 Å². The molecule has 1 amide bonds. The predicted octanol–water partition coefficient (Wildman–Crippen LogP) is 2.16. The summed E-state index contributed by atoms with van der Waals surface area (Å²) in [5.41, 5.74) is -0.570. The zero-order valence-corrected chi connectivity index (χ0v) is 14.9. The molecule has 0 aliphatic carbocycles. The molecule has 9 heteroatoms. The molecular weight excluding hydrogens is 342 g/mol. The smallest absolute Gasteiger partial charge is 0.410 e. The standard InChI is InChI=1S/C14H20ClN3O4S/c1-14(2,3)22-13(19)18-5-4-10(7-18)8-23(20,21)12-6-11(15)16-9-17-12/h6,9-10H,4-5,7-8H2,1-3H3/t10-/m0/s1. The number of nitrogens with zero attached hydrogens (tertiary/aromatic N) is 3. The van der Waals surface area contributed by atoms with Crippen molar-refractivity contribution in [2.24, 2.45) is 5.92 Å². The van der Waals surface area contributed by atoms with Gasteiger partial charge >= 0.3 is 6.09 Å². The van der Waals surface area contributed by atoms with Crippen LogP contribution >= 0.6 is 11.6 Å². The van der Waals surface area contributed by atoms with Crippen molar-refractivity contribution in [1.29, 1.82) is 0 Å². The third-order valence-electron chi connectivity index (χ3n) is 3.32. The molecule has 0 spiro atoms. The predicted molar refractivity (Wildman–Crippen MR) is 85.0 cm³/mol. The number of aromatic nitrogens is 2. The van der Waals surface area contributed by atoms with E-state index >= 15 is 0 Å². The fourth-order valence-electron chi connectivity index (χ4n) is 2.34. The highest BCUT2D eigenvalue weighted by molar-refractivity contribution is 7.91. The van der Waals surface area contributed by atoms with Gasteiger partial charge in [0.25, 0.3) is 0 Å². The van der Waals surface area contributed by atoms with Crippen molar-refractivity contribution in [2.45, 2.75) is 37.8 Å². The molecule has 23 heavy (non-hydrogen) atoms. The number of rotatable bonds is 3. The van der Waals surface area contributed by atoms with Crippen LogP contribution in [0.3, 0.4) is 0 Å². The highest BCUT2D eigenvalue weighted by Crippen LogP contribution is 2.23. The maximum absolute atomic E-state index is 12.4. The second-order valence-corrected chi connectivity index (χ2v) is 8.91. The second kappa shape index (κ2) is 6.60. The molecule has 7 nitrogen and oxygen atoms in total. The number of carbonyl (C=O) groups is 1. The quantitative estimate of drug-likeness (QED) is 0.766. The highest BCUT2D eigenvalue weighted by Gasteiger charge is 2.33. The zero-order chi connectivity index (χ0) is 17.3. The Morgan fingerprint density at radius 2 is 2.13 bits per heavy atom. The first-order valence-corrected chi connectivity index (χ1v) is 9.28. The molecule has 1 atom stereocenters. The van der Waals surface area contributed by atoms with E-state index in [1.54, 1.807) is 25.7 Å². The van der Waals surface area contributed by atoms with E-state index in [4.69, 9.17) is 16.3 Å². The molecule has 1 aliphatic heterocycles. The number of likely N-dealkylation sites (tertiary alicyclic amines) is 1. The first-order chi connectivity index (χ1) is 10.6. The largest absolute Gasteiger partial charge is 0.444 e. The first-order valence-electron chi connectivity index (χ1n) is 7.25. The zero-order valence-electron chi connectivity index (χ0n) is 13.3. The van der Waals surface area contributed by atoms with Crippen LogP contribution in [-0.2, 0) is 14.6 Å². The Balaban J connectivity index is 1.99. The van der Waals surface area contributed by atoms with Crippen molar-refractivity contribution >= 4 is 27.5 Å². The van der Waals surface area contributed by atoms with Gasteiger partial charge in [0, 0.05) is 19.2 Å². The molecule has 0 aromatic carbocycles. The summed E-state index contributed by atoms with van der Waals surface area (Å²) in [4.78, 5) is 21.0. The molecule has 0 N–H and O–H groups in total. The molecule has 128 valence electrons. The molecule has 1 aromatic rings. The summed E-state index contributed by atoms with van der Waals surface area (Å²) in [6.07, 6.45) is 1.32. The van der Waals surface area contributed by atoms with E-state index in [0.717, 1.165) is 6.33 Å². The lowest BCUT2D eigenvalue weighted by molar-refractivity contribution is 0.0289. The van der Waals surface area contributed by atoms with E-state index in [2.05, 4.69) is 9.97 Å². The average molecular weight is 362 g/mol. The molecule has 2 heterocycles. The van der Waals surface area contributed by atoms with E-state index in [-0.39, 0.29) is 21.8 Å². The van der Waals surface area contributed by atoms with Gasteiger partial charge in [0.15, 0.2) is 14.9 Å². The Morgan fingerprint density at radius 3 is 2.74 bits per heavy atom. The summed E-state index contributed by atoms with van der Waals surface area (Å²) in [6, 6.07) is 1.23. The fourth-order valence-corrected chi connectivity index (χ4v) is 4.12. The lowest BCUT2D eigenvalue weighted by Gasteiger charge is -2.24. The van der Waals surface area contributed by atoms with Crippen LogP contribution < -0.4 is 0 Å². The molecule has 0 unspecified atom stereocenters. The Morgan fingerprint density at radius 1 is 1.43 bits per heavy atom. The summed E-state index contributed by atoms with van der Waals surface area (Å²) in [7, 11) is -3.56. The number of carbonyl (C=O) groups excluding carboxylic acids is 1. The summed E-state index contributed by atoms with van der Waals surface area (Å²) in [6.45, 7) is 6.22. The van der Waals surface area contributed by atoms with Gasteiger partial charge < -0.3 is 9.64 Å². The molecule has 1 aliphatic rings. The topological polar surface area (TPSA) is 89.5 Å². The summed E-state index contributed by atoms with van der Waals surface area (Å²) < 4.78 is 30.0. The molecule has 0 radical (unpaired) electrons. The molecule has 2 rings (SSSR count). The van der Waals surface area contributed by atoms with Crippen LogP contribution in [0, 0.1) is 5.92 Å². The van der Waals surface area contributed by atoms with E-state index in [1.165, 1.54) is 6.07 Å². The van der Waals surface area contributed by atoms with Gasteiger partial charge in [-0.3, -0.25) is 0 Å². The summed E-state index contributed by atoms with van der Waals surface area (Å²) >= 11 is 5.71. The van der Waals surface area contributed by atoms with E-state index in [0.29, 0.717) is 19.5 Å². The van der Waals surface area contributed by atoms with Crippen LogP contribution in [0.25, 0.3) is 0 Å². The lowest BCUT2D eigenvalue weighted by Crippen LogP contribution is -2.35. The van der Waals surface area contributed by atoms with Crippen molar-refractivity contribution < 1.29 is 17.9 Å². The van der Waals surface area contributed by atoms with Gasteiger partial charge in [0.1, 0.15) is 17.1 Å².